The van der Waals surface area contributed by atoms with Crippen molar-refractivity contribution in [2.24, 2.45) is 0 Å². The number of rotatable bonds is 3. The van der Waals surface area contributed by atoms with Crippen LogP contribution in [0, 0.1) is 6.92 Å². The summed E-state index contributed by atoms with van der Waals surface area (Å²) in [6.45, 7) is 2.03. The Morgan fingerprint density at radius 2 is 1.95 bits per heavy atom. The Bertz CT molecular complexity index is 656. The summed E-state index contributed by atoms with van der Waals surface area (Å²) in [6.07, 6.45) is 0. The second-order valence-electron chi connectivity index (χ2n) is 4.40. The van der Waals surface area contributed by atoms with Crippen molar-refractivity contribution in [3.8, 4) is 0 Å². The van der Waals surface area contributed by atoms with Gasteiger partial charge in [0.15, 0.2) is 0 Å². The largest absolute Gasteiger partial charge is 0.457 e. The monoisotopic (exact) mass is 309 g/mol. The maximum absolute atomic E-state index is 12.0. The summed E-state index contributed by atoms with van der Waals surface area (Å²) in [6, 6.07) is 10.2. The highest BCUT2D eigenvalue weighted by Crippen LogP contribution is 2.21. The van der Waals surface area contributed by atoms with E-state index in [4.69, 9.17) is 33.7 Å². The number of aryl methyl sites for hydroxylation is 1. The molecule has 2 N–H and O–H groups in total. The molecule has 0 saturated heterocycles. The van der Waals surface area contributed by atoms with Crippen LogP contribution < -0.4 is 5.73 Å². The fourth-order valence-electron chi connectivity index (χ4n) is 1.70. The van der Waals surface area contributed by atoms with Gasteiger partial charge in [0.1, 0.15) is 6.61 Å². The number of carbonyl (C=O) groups excluding carboxylic acids is 1. The molecule has 0 spiro atoms. The number of benzene rings is 2. The number of anilines is 1. The van der Waals surface area contributed by atoms with Crippen molar-refractivity contribution in [1.29, 1.82) is 0 Å². The molecule has 2 rings (SSSR count). The van der Waals surface area contributed by atoms with Crippen molar-refractivity contribution in [1.82, 2.24) is 0 Å². The van der Waals surface area contributed by atoms with Crippen LogP contribution in [-0.2, 0) is 11.3 Å². The molecule has 0 radical (unpaired) electrons. The summed E-state index contributed by atoms with van der Waals surface area (Å²) in [4.78, 5) is 12.0. The van der Waals surface area contributed by atoms with Crippen molar-refractivity contribution >= 4 is 34.9 Å². The molecule has 0 saturated carbocycles. The summed E-state index contributed by atoms with van der Waals surface area (Å²) in [5.41, 5.74) is 8.09. The summed E-state index contributed by atoms with van der Waals surface area (Å²) >= 11 is 11.9. The number of halogens is 2. The van der Waals surface area contributed by atoms with E-state index in [0.717, 1.165) is 11.1 Å². The van der Waals surface area contributed by atoms with Gasteiger partial charge in [-0.3, -0.25) is 0 Å². The van der Waals surface area contributed by atoms with Crippen LogP contribution in [0.15, 0.2) is 36.4 Å². The molecular formula is C15H13Cl2NO2. The van der Waals surface area contributed by atoms with Gasteiger partial charge in [-0.15, -0.1) is 0 Å². The SMILES string of the molecule is Cc1ccc(COC(=O)c2cc(Cl)ccc2N)c(Cl)c1. The van der Waals surface area contributed by atoms with Gasteiger partial charge in [-0.25, -0.2) is 4.79 Å². The van der Waals surface area contributed by atoms with Crippen LogP contribution in [-0.4, -0.2) is 5.97 Å². The molecule has 3 nitrogen and oxygen atoms in total. The Morgan fingerprint density at radius 1 is 1.20 bits per heavy atom. The van der Waals surface area contributed by atoms with Gasteiger partial charge in [0.25, 0.3) is 0 Å². The van der Waals surface area contributed by atoms with Crippen molar-refractivity contribution < 1.29 is 9.53 Å². The fraction of sp³-hybridized carbons (Fsp3) is 0.133. The van der Waals surface area contributed by atoms with Gasteiger partial charge in [0.2, 0.25) is 0 Å². The first-order valence-corrected chi connectivity index (χ1v) is 6.70. The molecule has 0 fully saturated rings. The fourth-order valence-corrected chi connectivity index (χ4v) is 2.16. The molecule has 0 bridgehead atoms. The molecular weight excluding hydrogens is 297 g/mol. The minimum Gasteiger partial charge on any atom is -0.457 e. The zero-order valence-electron chi connectivity index (χ0n) is 10.8. The van der Waals surface area contributed by atoms with E-state index in [1.807, 2.05) is 25.1 Å². The van der Waals surface area contributed by atoms with Gasteiger partial charge in [-0.05, 0) is 36.8 Å². The van der Waals surface area contributed by atoms with E-state index in [1.165, 1.54) is 6.07 Å². The Morgan fingerprint density at radius 3 is 2.65 bits per heavy atom. The van der Waals surface area contributed by atoms with Crippen LogP contribution in [0.25, 0.3) is 0 Å². The first-order valence-electron chi connectivity index (χ1n) is 5.94. The number of ether oxygens (including phenoxy) is 1. The van der Waals surface area contributed by atoms with E-state index in [-0.39, 0.29) is 12.2 Å². The molecule has 0 heterocycles. The second kappa shape index (κ2) is 6.16. The lowest BCUT2D eigenvalue weighted by Crippen LogP contribution is -2.08. The number of carbonyl (C=O) groups is 1. The van der Waals surface area contributed by atoms with E-state index in [1.54, 1.807) is 12.1 Å². The maximum atomic E-state index is 12.0. The highest BCUT2D eigenvalue weighted by molar-refractivity contribution is 6.31. The number of nitrogens with two attached hydrogens (primary N) is 1. The molecule has 0 atom stereocenters. The molecule has 5 heteroatoms. The smallest absolute Gasteiger partial charge is 0.340 e. The molecule has 2 aromatic carbocycles. The summed E-state index contributed by atoms with van der Waals surface area (Å²) in [5, 5.41) is 0.997. The molecule has 2 aromatic rings. The van der Waals surface area contributed by atoms with Crippen molar-refractivity contribution in [2.75, 3.05) is 5.73 Å². The third kappa shape index (κ3) is 3.44. The van der Waals surface area contributed by atoms with E-state index in [2.05, 4.69) is 0 Å². The Balaban J connectivity index is 2.10. The van der Waals surface area contributed by atoms with Gasteiger partial charge in [-0.2, -0.15) is 0 Å². The normalized spacial score (nSPS) is 10.3. The van der Waals surface area contributed by atoms with Crippen LogP contribution in [0.3, 0.4) is 0 Å². The predicted octanol–water partition coefficient (Wildman–Crippen LogP) is 4.24. The van der Waals surface area contributed by atoms with Crippen LogP contribution in [0.5, 0.6) is 0 Å². The lowest BCUT2D eigenvalue weighted by atomic mass is 10.1. The topological polar surface area (TPSA) is 52.3 Å². The molecule has 0 aromatic heterocycles. The molecule has 0 unspecified atom stereocenters. The standard InChI is InChI=1S/C15H13Cl2NO2/c1-9-2-3-10(13(17)6-9)8-20-15(19)12-7-11(16)4-5-14(12)18/h2-7H,8,18H2,1H3. The third-order valence-electron chi connectivity index (χ3n) is 2.80. The third-order valence-corrected chi connectivity index (χ3v) is 3.39. The first-order chi connectivity index (χ1) is 9.47. The molecule has 0 aliphatic rings. The van der Waals surface area contributed by atoms with E-state index >= 15 is 0 Å². The minimum atomic E-state index is -0.526. The van der Waals surface area contributed by atoms with Crippen LogP contribution in [0.1, 0.15) is 21.5 Å². The average Bonchev–Trinajstić information content (AvgIpc) is 2.40. The number of esters is 1. The van der Waals surface area contributed by atoms with Gasteiger partial charge in [0, 0.05) is 21.3 Å². The maximum Gasteiger partial charge on any atom is 0.340 e. The Labute approximate surface area is 127 Å². The lowest BCUT2D eigenvalue weighted by Gasteiger charge is -2.09. The number of hydrogen-bond donors (Lipinski definition) is 1. The van der Waals surface area contributed by atoms with Gasteiger partial charge < -0.3 is 10.5 Å². The summed E-state index contributed by atoms with van der Waals surface area (Å²) < 4.78 is 5.21. The van der Waals surface area contributed by atoms with Crippen LogP contribution in [0.2, 0.25) is 10.0 Å². The van der Waals surface area contributed by atoms with Crippen LogP contribution in [0.4, 0.5) is 5.69 Å². The molecule has 0 amide bonds. The first kappa shape index (κ1) is 14.7. The number of nitrogen functional groups attached to an aromatic ring is 1. The predicted molar refractivity (Wildman–Crippen MR) is 81.2 cm³/mol. The highest BCUT2D eigenvalue weighted by atomic mass is 35.5. The van der Waals surface area contributed by atoms with Crippen molar-refractivity contribution in [3.05, 3.63) is 63.1 Å². The zero-order valence-corrected chi connectivity index (χ0v) is 12.3. The van der Waals surface area contributed by atoms with Crippen LogP contribution >= 0.6 is 23.2 Å². The molecule has 0 aliphatic carbocycles. The molecule has 20 heavy (non-hydrogen) atoms. The Kier molecular flexibility index (Phi) is 4.53. The average molecular weight is 310 g/mol. The zero-order chi connectivity index (χ0) is 14.7. The Hall–Kier alpha value is -1.71. The van der Waals surface area contributed by atoms with Gasteiger partial charge in [-0.1, -0.05) is 35.3 Å². The van der Waals surface area contributed by atoms with Crippen molar-refractivity contribution in [2.45, 2.75) is 13.5 Å². The van der Waals surface area contributed by atoms with E-state index in [9.17, 15) is 4.79 Å². The quantitative estimate of drug-likeness (QED) is 0.681. The molecule has 0 aliphatic heterocycles. The van der Waals surface area contributed by atoms with E-state index in [0.29, 0.717) is 15.7 Å². The van der Waals surface area contributed by atoms with Gasteiger partial charge in [0.05, 0.1) is 5.56 Å². The second-order valence-corrected chi connectivity index (χ2v) is 5.25. The summed E-state index contributed by atoms with van der Waals surface area (Å²) in [5.74, 6) is -0.526. The molecule has 104 valence electrons. The van der Waals surface area contributed by atoms with Gasteiger partial charge >= 0.3 is 5.97 Å². The minimum absolute atomic E-state index is 0.0872. The summed E-state index contributed by atoms with van der Waals surface area (Å²) in [7, 11) is 0. The van der Waals surface area contributed by atoms with Crippen molar-refractivity contribution in [3.63, 3.8) is 0 Å². The lowest BCUT2D eigenvalue weighted by molar-refractivity contribution is 0.0474. The number of hydrogen-bond acceptors (Lipinski definition) is 3. The van der Waals surface area contributed by atoms with E-state index < -0.39 is 5.97 Å². The highest BCUT2D eigenvalue weighted by Gasteiger charge is 2.13.